The average molecular weight is 437 g/mol. The first-order valence-corrected chi connectivity index (χ1v) is 11.7. The standard InChI is InChI=1S/C22H29FN2O4S/c1-6-24(7-2)20-12-11-18(21(14-20)29-30(5,27)28)15-25(16(3)4)22(26)17-9-8-10-19(23)13-17/h8-14,16H,6-7,15H2,1-5H3. The highest BCUT2D eigenvalue weighted by molar-refractivity contribution is 7.86. The van der Waals surface area contributed by atoms with Gasteiger partial charge in [-0.25, -0.2) is 4.39 Å². The Morgan fingerprint density at radius 2 is 1.77 bits per heavy atom. The quantitative estimate of drug-likeness (QED) is 0.555. The fraction of sp³-hybridized carbons (Fsp3) is 0.409. The van der Waals surface area contributed by atoms with E-state index in [2.05, 4.69) is 4.90 Å². The molecular weight excluding hydrogens is 407 g/mol. The highest BCUT2D eigenvalue weighted by Crippen LogP contribution is 2.29. The van der Waals surface area contributed by atoms with Crippen molar-refractivity contribution in [1.82, 2.24) is 4.90 Å². The minimum absolute atomic E-state index is 0.121. The van der Waals surface area contributed by atoms with Crippen LogP contribution >= 0.6 is 0 Å². The lowest BCUT2D eigenvalue weighted by molar-refractivity contribution is 0.0689. The van der Waals surface area contributed by atoms with Gasteiger partial charge in [0.25, 0.3) is 5.91 Å². The minimum Gasteiger partial charge on any atom is -0.382 e. The van der Waals surface area contributed by atoms with Gasteiger partial charge in [-0.3, -0.25) is 4.79 Å². The van der Waals surface area contributed by atoms with Gasteiger partial charge >= 0.3 is 10.1 Å². The summed E-state index contributed by atoms with van der Waals surface area (Å²) in [6, 6.07) is 10.6. The van der Waals surface area contributed by atoms with Gasteiger partial charge in [0.1, 0.15) is 11.6 Å². The molecule has 1 amide bonds. The Balaban J connectivity index is 2.45. The third kappa shape index (κ3) is 6.19. The number of rotatable bonds is 9. The first kappa shape index (κ1) is 23.7. The second kappa shape index (κ2) is 9.93. The number of nitrogens with zero attached hydrogens (tertiary/aromatic N) is 2. The van der Waals surface area contributed by atoms with Crippen molar-refractivity contribution in [2.45, 2.75) is 40.3 Å². The number of carbonyl (C=O) groups is 1. The zero-order valence-corrected chi connectivity index (χ0v) is 18.9. The Morgan fingerprint density at radius 3 is 2.30 bits per heavy atom. The van der Waals surface area contributed by atoms with Crippen LogP contribution in [0.25, 0.3) is 0 Å². The van der Waals surface area contributed by atoms with Crippen molar-refractivity contribution in [1.29, 1.82) is 0 Å². The van der Waals surface area contributed by atoms with Gasteiger partial charge < -0.3 is 14.0 Å². The second-order valence-corrected chi connectivity index (χ2v) is 8.86. The van der Waals surface area contributed by atoms with Crippen molar-refractivity contribution in [3.63, 3.8) is 0 Å². The smallest absolute Gasteiger partial charge is 0.306 e. The summed E-state index contributed by atoms with van der Waals surface area (Å²) in [4.78, 5) is 16.6. The maximum Gasteiger partial charge on any atom is 0.306 e. The van der Waals surface area contributed by atoms with Gasteiger partial charge in [0.05, 0.1) is 6.26 Å². The van der Waals surface area contributed by atoms with E-state index in [-0.39, 0.29) is 29.8 Å². The maximum absolute atomic E-state index is 13.6. The van der Waals surface area contributed by atoms with Crippen LogP contribution in [0.15, 0.2) is 42.5 Å². The molecule has 164 valence electrons. The van der Waals surface area contributed by atoms with E-state index in [0.717, 1.165) is 25.0 Å². The summed E-state index contributed by atoms with van der Waals surface area (Å²) in [5, 5.41) is 0. The number of halogens is 1. The number of amides is 1. The number of hydrogen-bond acceptors (Lipinski definition) is 5. The van der Waals surface area contributed by atoms with Gasteiger partial charge in [-0.1, -0.05) is 12.1 Å². The molecule has 0 unspecified atom stereocenters. The third-order valence-electron chi connectivity index (χ3n) is 4.72. The van der Waals surface area contributed by atoms with E-state index in [1.54, 1.807) is 23.1 Å². The Kier molecular flexibility index (Phi) is 7.83. The molecule has 0 N–H and O–H groups in total. The summed E-state index contributed by atoms with van der Waals surface area (Å²) in [7, 11) is -3.76. The molecule has 0 spiro atoms. The molecule has 0 atom stereocenters. The Labute approximate surface area is 178 Å². The molecule has 0 aliphatic heterocycles. The first-order valence-electron chi connectivity index (χ1n) is 9.89. The molecule has 0 radical (unpaired) electrons. The van der Waals surface area contributed by atoms with Crippen molar-refractivity contribution in [3.05, 3.63) is 59.4 Å². The molecule has 6 nitrogen and oxygen atoms in total. The predicted octanol–water partition coefficient (Wildman–Crippen LogP) is 4.06. The fourth-order valence-electron chi connectivity index (χ4n) is 3.16. The zero-order valence-electron chi connectivity index (χ0n) is 18.1. The van der Waals surface area contributed by atoms with Crippen molar-refractivity contribution < 1.29 is 21.8 Å². The topological polar surface area (TPSA) is 66.9 Å². The van der Waals surface area contributed by atoms with E-state index in [0.29, 0.717) is 5.56 Å². The van der Waals surface area contributed by atoms with E-state index in [4.69, 9.17) is 4.18 Å². The molecule has 0 aromatic heterocycles. The number of anilines is 1. The average Bonchev–Trinajstić information content (AvgIpc) is 2.66. The Bertz CT molecular complexity index is 988. The van der Waals surface area contributed by atoms with Crippen LogP contribution in [0.1, 0.15) is 43.6 Å². The summed E-state index contributed by atoms with van der Waals surface area (Å²) in [5.41, 5.74) is 1.61. The zero-order chi connectivity index (χ0) is 22.5. The lowest BCUT2D eigenvalue weighted by Gasteiger charge is -2.28. The summed E-state index contributed by atoms with van der Waals surface area (Å²) in [6.45, 7) is 9.33. The molecule has 2 rings (SSSR count). The lowest BCUT2D eigenvalue weighted by Crippen LogP contribution is -2.36. The predicted molar refractivity (Wildman–Crippen MR) is 117 cm³/mol. The van der Waals surface area contributed by atoms with Crippen LogP contribution in [0.3, 0.4) is 0 Å². The van der Waals surface area contributed by atoms with Crippen LogP contribution in [-0.4, -0.2) is 44.6 Å². The molecule has 2 aromatic rings. The molecule has 0 heterocycles. The molecule has 0 saturated heterocycles. The highest BCUT2D eigenvalue weighted by atomic mass is 32.2. The second-order valence-electron chi connectivity index (χ2n) is 7.29. The Morgan fingerprint density at radius 1 is 1.10 bits per heavy atom. The molecular formula is C22H29FN2O4S. The van der Waals surface area contributed by atoms with E-state index in [1.807, 2.05) is 33.8 Å². The molecule has 0 saturated carbocycles. The first-order chi connectivity index (χ1) is 14.1. The van der Waals surface area contributed by atoms with Gasteiger partial charge in [0.15, 0.2) is 0 Å². The van der Waals surface area contributed by atoms with Crippen LogP contribution in [0.5, 0.6) is 5.75 Å². The van der Waals surface area contributed by atoms with Gasteiger partial charge in [-0.05, 0) is 52.0 Å². The summed E-state index contributed by atoms with van der Waals surface area (Å²) in [6.07, 6.45) is 0.985. The molecule has 30 heavy (non-hydrogen) atoms. The van der Waals surface area contributed by atoms with Gasteiger partial charge in [0.2, 0.25) is 0 Å². The molecule has 0 aliphatic rings. The number of benzene rings is 2. The van der Waals surface area contributed by atoms with Gasteiger partial charge in [0, 0.05) is 48.6 Å². The summed E-state index contributed by atoms with van der Waals surface area (Å²) in [5.74, 6) is -0.656. The van der Waals surface area contributed by atoms with Crippen LogP contribution in [0.4, 0.5) is 10.1 Å². The minimum atomic E-state index is -3.76. The SMILES string of the molecule is CCN(CC)c1ccc(CN(C(=O)c2cccc(F)c2)C(C)C)c(OS(C)(=O)=O)c1. The monoisotopic (exact) mass is 436 g/mol. The molecule has 0 aliphatic carbocycles. The van der Waals surface area contributed by atoms with Crippen molar-refractivity contribution >= 4 is 21.7 Å². The lowest BCUT2D eigenvalue weighted by atomic mass is 10.1. The van der Waals surface area contributed by atoms with Crippen molar-refractivity contribution in [2.75, 3.05) is 24.2 Å². The number of hydrogen-bond donors (Lipinski definition) is 0. The van der Waals surface area contributed by atoms with Crippen LogP contribution in [-0.2, 0) is 16.7 Å². The van der Waals surface area contributed by atoms with Gasteiger partial charge in [-0.15, -0.1) is 0 Å². The fourth-order valence-corrected chi connectivity index (χ4v) is 3.64. The van der Waals surface area contributed by atoms with Gasteiger partial charge in [-0.2, -0.15) is 8.42 Å². The van der Waals surface area contributed by atoms with E-state index < -0.39 is 15.9 Å². The highest BCUT2D eigenvalue weighted by Gasteiger charge is 2.22. The number of carbonyl (C=O) groups excluding carboxylic acids is 1. The molecule has 8 heteroatoms. The van der Waals surface area contributed by atoms with E-state index in [1.165, 1.54) is 18.2 Å². The van der Waals surface area contributed by atoms with E-state index >= 15 is 0 Å². The van der Waals surface area contributed by atoms with Crippen LogP contribution in [0, 0.1) is 5.82 Å². The van der Waals surface area contributed by atoms with Crippen LogP contribution in [0.2, 0.25) is 0 Å². The van der Waals surface area contributed by atoms with Crippen molar-refractivity contribution in [2.24, 2.45) is 0 Å². The molecule has 2 aromatic carbocycles. The normalized spacial score (nSPS) is 11.4. The van der Waals surface area contributed by atoms with E-state index in [9.17, 15) is 17.6 Å². The summed E-state index contributed by atoms with van der Waals surface area (Å²) >= 11 is 0. The maximum atomic E-state index is 13.6. The Hall–Kier alpha value is -2.61. The van der Waals surface area contributed by atoms with Crippen molar-refractivity contribution in [3.8, 4) is 5.75 Å². The summed E-state index contributed by atoms with van der Waals surface area (Å²) < 4.78 is 42.5. The molecule has 0 bridgehead atoms. The third-order valence-corrected chi connectivity index (χ3v) is 5.20. The van der Waals surface area contributed by atoms with Crippen LogP contribution < -0.4 is 9.08 Å². The molecule has 0 fully saturated rings. The largest absolute Gasteiger partial charge is 0.382 e.